The summed E-state index contributed by atoms with van der Waals surface area (Å²) >= 11 is 0. The molecule has 0 aliphatic rings. The van der Waals surface area contributed by atoms with Crippen LogP contribution in [0, 0.1) is 5.82 Å². The molecular weight excluding hydrogens is 595 g/mol. The van der Waals surface area contributed by atoms with Gasteiger partial charge in [0.25, 0.3) is 5.91 Å². The molecule has 1 amide bonds. The summed E-state index contributed by atoms with van der Waals surface area (Å²) in [7, 11) is -3.74. The van der Waals surface area contributed by atoms with E-state index in [-0.39, 0.29) is 40.9 Å². The summed E-state index contributed by atoms with van der Waals surface area (Å²) in [5.74, 6) is -1.46. The number of rotatable bonds is 10. The molecule has 0 fully saturated rings. The summed E-state index contributed by atoms with van der Waals surface area (Å²) in [6.07, 6.45) is 0. The van der Waals surface area contributed by atoms with Crippen molar-refractivity contribution in [3.63, 3.8) is 0 Å². The summed E-state index contributed by atoms with van der Waals surface area (Å²) in [4.78, 5) is 26.7. The summed E-state index contributed by atoms with van der Waals surface area (Å²) in [6.45, 7) is 7.11. The first kappa shape index (κ1) is 31.5. The van der Waals surface area contributed by atoms with E-state index < -0.39 is 27.3 Å². The third-order valence-electron chi connectivity index (χ3n) is 7.42. The van der Waals surface area contributed by atoms with Crippen LogP contribution in [0.25, 0.3) is 33.4 Å². The van der Waals surface area contributed by atoms with Crippen molar-refractivity contribution in [2.24, 2.45) is 0 Å². The fourth-order valence-electron chi connectivity index (χ4n) is 5.03. The maximum absolute atomic E-state index is 13.7. The quantitative estimate of drug-likeness (QED) is 0.155. The number of halogens is 1. The fraction of sp³-hybridized carbons (Fsp3) is 0.200. The number of ether oxygens (including phenoxy) is 1. The Balaban J connectivity index is 1.66. The van der Waals surface area contributed by atoms with Crippen LogP contribution in [-0.4, -0.2) is 32.7 Å². The van der Waals surface area contributed by atoms with E-state index in [1.165, 1.54) is 37.3 Å². The van der Waals surface area contributed by atoms with Crippen molar-refractivity contribution in [2.75, 3.05) is 17.1 Å². The average molecular weight is 629 g/mol. The number of anilines is 1. The number of fused-ring (bicyclic) bond motifs is 1. The maximum atomic E-state index is 13.7. The van der Waals surface area contributed by atoms with Gasteiger partial charge < -0.3 is 14.5 Å². The van der Waals surface area contributed by atoms with Gasteiger partial charge in [0, 0.05) is 28.1 Å². The maximum Gasteiger partial charge on any atom is 0.342 e. The lowest BCUT2D eigenvalue weighted by molar-refractivity contribution is 0.0528. The van der Waals surface area contributed by atoms with E-state index in [1.54, 1.807) is 37.3 Å². The Hall–Kier alpha value is -4.96. The second-order valence-corrected chi connectivity index (χ2v) is 13.0. The minimum atomic E-state index is -3.74. The third-order valence-corrected chi connectivity index (χ3v) is 8.71. The van der Waals surface area contributed by atoms with Crippen LogP contribution in [0.5, 0.6) is 0 Å². The molecule has 1 aromatic heterocycles. The number of esters is 1. The SMILES string of the molecule is CCOC(=O)c1c(-c2ccc(F)cc2)oc2cc(NS(=O)(=O)CC)c(-c3cccc(C(=O)NC(C)(C)c4ccccc4)c3)cc12. The molecule has 8 nitrogen and oxygen atoms in total. The molecule has 0 unspecified atom stereocenters. The van der Waals surface area contributed by atoms with Crippen molar-refractivity contribution in [1.29, 1.82) is 0 Å². The lowest BCUT2D eigenvalue weighted by atomic mass is 9.93. The van der Waals surface area contributed by atoms with Crippen molar-refractivity contribution >= 4 is 38.6 Å². The molecule has 5 rings (SSSR count). The van der Waals surface area contributed by atoms with E-state index in [1.807, 2.05) is 44.2 Å². The molecule has 0 bridgehead atoms. The van der Waals surface area contributed by atoms with Crippen LogP contribution in [0.15, 0.2) is 95.4 Å². The van der Waals surface area contributed by atoms with Gasteiger partial charge in [0.1, 0.15) is 22.7 Å². The third kappa shape index (κ3) is 6.76. The van der Waals surface area contributed by atoms with E-state index in [0.717, 1.165) is 5.56 Å². The van der Waals surface area contributed by atoms with Gasteiger partial charge >= 0.3 is 5.97 Å². The summed E-state index contributed by atoms with van der Waals surface area (Å²) in [5.41, 5.74) is 2.51. The smallest absolute Gasteiger partial charge is 0.342 e. The highest BCUT2D eigenvalue weighted by atomic mass is 32.2. The fourth-order valence-corrected chi connectivity index (χ4v) is 5.68. The van der Waals surface area contributed by atoms with Crippen LogP contribution in [0.3, 0.4) is 0 Å². The molecule has 0 saturated carbocycles. The first-order chi connectivity index (χ1) is 21.4. The Morgan fingerprint density at radius 3 is 2.27 bits per heavy atom. The highest BCUT2D eigenvalue weighted by Crippen LogP contribution is 2.40. The minimum absolute atomic E-state index is 0.103. The van der Waals surface area contributed by atoms with Crippen LogP contribution in [0.2, 0.25) is 0 Å². The van der Waals surface area contributed by atoms with Gasteiger partial charge in [0.15, 0.2) is 0 Å². The Labute approximate surface area is 261 Å². The Kier molecular flexibility index (Phi) is 8.79. The lowest BCUT2D eigenvalue weighted by Crippen LogP contribution is -2.40. The van der Waals surface area contributed by atoms with Gasteiger partial charge in [0.05, 0.1) is 23.6 Å². The first-order valence-electron chi connectivity index (χ1n) is 14.4. The molecule has 2 N–H and O–H groups in total. The second-order valence-electron chi connectivity index (χ2n) is 11.0. The molecule has 0 aliphatic heterocycles. The number of hydrogen-bond donors (Lipinski definition) is 2. The Bertz CT molecular complexity index is 1980. The number of furan rings is 1. The molecule has 5 aromatic rings. The van der Waals surface area contributed by atoms with Gasteiger partial charge in [-0.1, -0.05) is 42.5 Å². The second kappa shape index (κ2) is 12.6. The molecule has 0 atom stereocenters. The number of nitrogens with one attached hydrogen (secondary N) is 2. The predicted molar refractivity (Wildman–Crippen MR) is 173 cm³/mol. The number of amides is 1. The van der Waals surface area contributed by atoms with E-state index >= 15 is 0 Å². The number of hydrogen-bond acceptors (Lipinski definition) is 6. The zero-order valence-corrected chi connectivity index (χ0v) is 26.1. The van der Waals surface area contributed by atoms with Gasteiger partial charge in [-0.25, -0.2) is 17.6 Å². The zero-order valence-electron chi connectivity index (χ0n) is 25.3. The van der Waals surface area contributed by atoms with E-state index in [9.17, 15) is 22.4 Å². The van der Waals surface area contributed by atoms with Crippen LogP contribution in [0.4, 0.5) is 10.1 Å². The first-order valence-corrected chi connectivity index (χ1v) is 16.1. The minimum Gasteiger partial charge on any atom is -0.462 e. The molecule has 232 valence electrons. The van der Waals surface area contributed by atoms with Gasteiger partial charge in [-0.15, -0.1) is 0 Å². The molecule has 0 aliphatic carbocycles. The van der Waals surface area contributed by atoms with Crippen LogP contribution >= 0.6 is 0 Å². The van der Waals surface area contributed by atoms with Gasteiger partial charge in [0.2, 0.25) is 10.0 Å². The number of carbonyl (C=O) groups excluding carboxylic acids is 2. The summed E-state index contributed by atoms with van der Waals surface area (Å²) in [5, 5.41) is 3.43. The molecule has 1 heterocycles. The monoisotopic (exact) mass is 628 g/mol. The summed E-state index contributed by atoms with van der Waals surface area (Å²) < 4.78 is 53.3. The van der Waals surface area contributed by atoms with Crippen molar-refractivity contribution in [3.8, 4) is 22.5 Å². The number of carbonyl (C=O) groups is 2. The van der Waals surface area contributed by atoms with Crippen LogP contribution in [-0.2, 0) is 20.3 Å². The summed E-state index contributed by atoms with van der Waals surface area (Å²) in [6, 6.07) is 25.0. The number of benzene rings is 4. The Morgan fingerprint density at radius 2 is 1.60 bits per heavy atom. The van der Waals surface area contributed by atoms with E-state index in [0.29, 0.717) is 27.6 Å². The van der Waals surface area contributed by atoms with Gasteiger partial charge in [-0.2, -0.15) is 0 Å². The molecule has 0 saturated heterocycles. The van der Waals surface area contributed by atoms with Crippen LogP contribution < -0.4 is 10.0 Å². The molecule has 45 heavy (non-hydrogen) atoms. The topological polar surface area (TPSA) is 115 Å². The van der Waals surface area contributed by atoms with Gasteiger partial charge in [-0.3, -0.25) is 9.52 Å². The van der Waals surface area contributed by atoms with Gasteiger partial charge in [-0.05, 0) is 81.3 Å². The highest BCUT2D eigenvalue weighted by molar-refractivity contribution is 7.92. The standard InChI is InChI=1S/C35H33FN2O6S/c1-5-43-34(40)31-28-20-27(23-11-10-12-24(19-23)33(39)37-35(3,4)25-13-8-7-9-14-25)29(38-45(41,42)6-2)21-30(28)44-32(31)22-15-17-26(36)18-16-22/h7-21,38H,5-6H2,1-4H3,(H,37,39). The Morgan fingerprint density at radius 1 is 0.889 bits per heavy atom. The van der Waals surface area contributed by atoms with E-state index in [2.05, 4.69) is 10.0 Å². The lowest BCUT2D eigenvalue weighted by Gasteiger charge is -2.27. The molecule has 10 heteroatoms. The molecule has 0 spiro atoms. The molecule has 4 aromatic carbocycles. The van der Waals surface area contributed by atoms with Crippen molar-refractivity contribution in [3.05, 3.63) is 114 Å². The zero-order chi connectivity index (χ0) is 32.4. The average Bonchev–Trinajstić information content (AvgIpc) is 3.39. The largest absolute Gasteiger partial charge is 0.462 e. The predicted octanol–water partition coefficient (Wildman–Crippen LogP) is 7.51. The van der Waals surface area contributed by atoms with Crippen molar-refractivity contribution in [1.82, 2.24) is 5.32 Å². The highest BCUT2D eigenvalue weighted by Gasteiger charge is 2.27. The van der Waals surface area contributed by atoms with Crippen LogP contribution in [0.1, 0.15) is 54.0 Å². The number of sulfonamides is 1. The van der Waals surface area contributed by atoms with E-state index in [4.69, 9.17) is 9.15 Å². The molecular formula is C35H33FN2O6S. The van der Waals surface area contributed by atoms with Crippen molar-refractivity contribution in [2.45, 2.75) is 33.2 Å². The normalized spacial score (nSPS) is 11.8. The molecule has 0 radical (unpaired) electrons. The van der Waals surface area contributed by atoms with Crippen molar-refractivity contribution < 1.29 is 31.6 Å².